The van der Waals surface area contributed by atoms with Crippen LogP contribution >= 0.6 is 0 Å². The number of rotatable bonds is 0. The SMILES string of the molecule is [C-]1=CC=CC1.[C-]1=CC=CC1.[Er+3]. The Balaban J connectivity index is 0.000000167. The molecule has 0 spiro atoms. The Bertz CT molecular complexity index is 143. The van der Waals surface area contributed by atoms with Crippen molar-refractivity contribution in [2.75, 3.05) is 0 Å². The molecule has 1 radical (unpaired) electrons. The monoisotopic (exact) mass is 296 g/mol. The van der Waals surface area contributed by atoms with Crippen molar-refractivity contribution in [3.63, 3.8) is 0 Å². The molecular weight excluding hydrogens is 287 g/mol. The summed E-state index contributed by atoms with van der Waals surface area (Å²) in [5, 5.41) is 0. The smallest absolute Gasteiger partial charge is 0.273 e. The van der Waals surface area contributed by atoms with Crippen LogP contribution in [-0.4, -0.2) is 0 Å². The minimum Gasteiger partial charge on any atom is -0.273 e. The molecule has 0 aromatic heterocycles. The summed E-state index contributed by atoms with van der Waals surface area (Å²) in [6, 6.07) is 0. The zero-order chi connectivity index (χ0) is 7.07. The average Bonchev–Trinajstić information content (AvgIpc) is 2.67. The molecule has 0 aromatic carbocycles. The van der Waals surface area contributed by atoms with Gasteiger partial charge in [0.25, 0.3) is 0 Å². The summed E-state index contributed by atoms with van der Waals surface area (Å²) in [4.78, 5) is 0. The standard InChI is InChI=1S/2C5H5.Er/c2*1-2-4-5-3-1;/h2*1-3H,4H2;/q2*-1;+3. The van der Waals surface area contributed by atoms with Crippen molar-refractivity contribution >= 4 is 0 Å². The zero-order valence-corrected chi connectivity index (χ0v) is 8.02. The molecule has 0 bridgehead atoms. The van der Waals surface area contributed by atoms with Gasteiger partial charge >= 0.3 is 37.3 Å². The van der Waals surface area contributed by atoms with E-state index in [1.807, 2.05) is 24.3 Å². The molecular formula is C10H10Er+. The van der Waals surface area contributed by atoms with Crippen molar-refractivity contribution < 1.29 is 37.3 Å². The van der Waals surface area contributed by atoms with Crippen molar-refractivity contribution in [1.82, 2.24) is 0 Å². The Kier molecular flexibility index (Phi) is 8.46. The second kappa shape index (κ2) is 8.30. The van der Waals surface area contributed by atoms with E-state index in [4.69, 9.17) is 0 Å². The summed E-state index contributed by atoms with van der Waals surface area (Å²) in [7, 11) is 0. The number of allylic oxidation sites excluding steroid dienone is 8. The van der Waals surface area contributed by atoms with E-state index in [-0.39, 0.29) is 37.3 Å². The fraction of sp³-hybridized carbons (Fsp3) is 0.200. The molecule has 11 heavy (non-hydrogen) atoms. The molecule has 2 rings (SSSR count). The van der Waals surface area contributed by atoms with Crippen LogP contribution in [0.3, 0.4) is 0 Å². The van der Waals surface area contributed by atoms with Crippen molar-refractivity contribution in [2.24, 2.45) is 0 Å². The van der Waals surface area contributed by atoms with Crippen molar-refractivity contribution in [3.8, 4) is 0 Å². The van der Waals surface area contributed by atoms with E-state index in [0.29, 0.717) is 0 Å². The topological polar surface area (TPSA) is 0 Å². The van der Waals surface area contributed by atoms with Gasteiger partial charge in [-0.2, -0.15) is 12.2 Å². The molecule has 2 aliphatic carbocycles. The molecule has 0 saturated carbocycles. The molecule has 0 atom stereocenters. The first-order valence-corrected chi connectivity index (χ1v) is 3.43. The van der Waals surface area contributed by atoms with Crippen LogP contribution in [0.5, 0.6) is 0 Å². The maximum atomic E-state index is 2.99. The summed E-state index contributed by atoms with van der Waals surface area (Å²) in [5.74, 6) is 0. The van der Waals surface area contributed by atoms with E-state index in [0.717, 1.165) is 12.8 Å². The molecule has 0 heterocycles. The summed E-state index contributed by atoms with van der Waals surface area (Å²) in [5.41, 5.74) is 0. The van der Waals surface area contributed by atoms with Gasteiger partial charge in [0, 0.05) is 0 Å². The molecule has 0 amide bonds. The summed E-state index contributed by atoms with van der Waals surface area (Å²) in [6.07, 6.45) is 20.0. The predicted molar refractivity (Wildman–Crippen MR) is 43.1 cm³/mol. The maximum Gasteiger partial charge on any atom is 3.00 e. The fourth-order valence-electron chi connectivity index (χ4n) is 0.680. The van der Waals surface area contributed by atoms with Crippen LogP contribution in [0.2, 0.25) is 0 Å². The van der Waals surface area contributed by atoms with Gasteiger partial charge in [0.1, 0.15) is 0 Å². The van der Waals surface area contributed by atoms with E-state index < -0.39 is 0 Å². The molecule has 2 aliphatic rings. The van der Waals surface area contributed by atoms with Gasteiger partial charge in [-0.05, 0) is 0 Å². The Morgan fingerprint density at radius 1 is 0.818 bits per heavy atom. The quantitative estimate of drug-likeness (QED) is 0.603. The van der Waals surface area contributed by atoms with E-state index in [9.17, 15) is 0 Å². The Morgan fingerprint density at radius 2 is 1.27 bits per heavy atom. The minimum atomic E-state index is 0. The van der Waals surface area contributed by atoms with E-state index >= 15 is 0 Å². The second-order valence-electron chi connectivity index (χ2n) is 2.01. The Hall–Kier alpha value is 0.207. The molecule has 61 valence electrons. The van der Waals surface area contributed by atoms with Crippen LogP contribution < -0.4 is 0 Å². The van der Waals surface area contributed by atoms with Crippen LogP contribution in [0.1, 0.15) is 12.8 Å². The van der Waals surface area contributed by atoms with Crippen LogP contribution in [0.4, 0.5) is 0 Å². The Labute approximate surface area is 98.0 Å². The van der Waals surface area contributed by atoms with E-state index in [1.54, 1.807) is 0 Å². The number of hydrogen-bond acceptors (Lipinski definition) is 0. The second-order valence-corrected chi connectivity index (χ2v) is 2.01. The van der Waals surface area contributed by atoms with Crippen molar-refractivity contribution in [2.45, 2.75) is 12.8 Å². The van der Waals surface area contributed by atoms with Gasteiger partial charge in [-0.25, -0.2) is 24.3 Å². The summed E-state index contributed by atoms with van der Waals surface area (Å²) in [6.45, 7) is 0. The maximum absolute atomic E-state index is 2.99. The third kappa shape index (κ3) is 6.60. The van der Waals surface area contributed by atoms with Crippen LogP contribution in [0, 0.1) is 49.5 Å². The third-order valence-corrected chi connectivity index (χ3v) is 1.17. The van der Waals surface area contributed by atoms with Gasteiger partial charge in [-0.15, -0.1) is 12.8 Å². The third-order valence-electron chi connectivity index (χ3n) is 1.17. The first-order valence-electron chi connectivity index (χ1n) is 3.43. The van der Waals surface area contributed by atoms with Crippen molar-refractivity contribution in [3.05, 3.63) is 48.6 Å². The van der Waals surface area contributed by atoms with Crippen LogP contribution in [0.25, 0.3) is 0 Å². The normalized spacial score (nSPS) is 16.0. The summed E-state index contributed by atoms with van der Waals surface area (Å²) < 4.78 is 0. The zero-order valence-electron chi connectivity index (χ0n) is 6.17. The average molecular weight is 297 g/mol. The molecule has 0 unspecified atom stereocenters. The van der Waals surface area contributed by atoms with Gasteiger partial charge in [-0.1, -0.05) is 0 Å². The van der Waals surface area contributed by atoms with Crippen LogP contribution in [-0.2, 0) is 0 Å². The van der Waals surface area contributed by atoms with Gasteiger partial charge in [0.05, 0.1) is 0 Å². The van der Waals surface area contributed by atoms with Crippen molar-refractivity contribution in [1.29, 1.82) is 0 Å². The summed E-state index contributed by atoms with van der Waals surface area (Å²) >= 11 is 0. The minimum absolute atomic E-state index is 0. The molecule has 0 N–H and O–H groups in total. The largest absolute Gasteiger partial charge is 3.00 e. The van der Waals surface area contributed by atoms with Gasteiger partial charge < -0.3 is 0 Å². The first-order chi connectivity index (χ1) is 5.00. The number of hydrogen-bond donors (Lipinski definition) is 0. The van der Waals surface area contributed by atoms with Gasteiger partial charge in [-0.3, -0.25) is 12.2 Å². The molecule has 0 saturated heterocycles. The van der Waals surface area contributed by atoms with E-state index in [2.05, 4.69) is 24.3 Å². The van der Waals surface area contributed by atoms with Gasteiger partial charge in [0.2, 0.25) is 0 Å². The Morgan fingerprint density at radius 3 is 1.36 bits per heavy atom. The van der Waals surface area contributed by atoms with E-state index in [1.165, 1.54) is 0 Å². The van der Waals surface area contributed by atoms with Crippen LogP contribution in [0.15, 0.2) is 36.5 Å². The molecule has 1 heteroatoms. The van der Waals surface area contributed by atoms with Gasteiger partial charge in [0.15, 0.2) is 0 Å². The molecule has 0 aliphatic heterocycles. The molecule has 0 nitrogen and oxygen atoms in total. The first kappa shape index (κ1) is 11.2. The molecule has 0 fully saturated rings. The molecule has 0 aromatic rings. The predicted octanol–water partition coefficient (Wildman–Crippen LogP) is 2.61. The fourth-order valence-corrected chi connectivity index (χ4v) is 0.680.